The number of hydrogen-bond acceptors (Lipinski definition) is 4. The molecule has 1 heterocycles. The van der Waals surface area contributed by atoms with Crippen LogP contribution >= 0.6 is 0 Å². The van der Waals surface area contributed by atoms with Gasteiger partial charge in [-0.05, 0) is 36.2 Å². The lowest BCUT2D eigenvalue weighted by atomic mass is 10.1. The summed E-state index contributed by atoms with van der Waals surface area (Å²) in [7, 11) is 0. The van der Waals surface area contributed by atoms with Crippen molar-refractivity contribution in [3.05, 3.63) is 70.0 Å². The van der Waals surface area contributed by atoms with E-state index in [-0.39, 0.29) is 36.0 Å². The van der Waals surface area contributed by atoms with Crippen molar-refractivity contribution in [2.24, 2.45) is 0 Å². The highest BCUT2D eigenvalue weighted by Gasteiger charge is 2.31. The van der Waals surface area contributed by atoms with Gasteiger partial charge in [0.15, 0.2) is 0 Å². The number of rotatable bonds is 6. The molecule has 0 aliphatic rings. The van der Waals surface area contributed by atoms with E-state index in [1.807, 2.05) is 0 Å². The van der Waals surface area contributed by atoms with Gasteiger partial charge in [-0.3, -0.25) is 15.0 Å². The van der Waals surface area contributed by atoms with E-state index in [1.54, 1.807) is 13.0 Å². The molecule has 0 saturated carbocycles. The molecule has 0 atom stereocenters. The molecule has 2 aromatic carbocycles. The van der Waals surface area contributed by atoms with Crippen molar-refractivity contribution in [1.82, 2.24) is 9.66 Å². The molecule has 0 aliphatic heterocycles. The Hall–Kier alpha value is -3.43. The number of nitrogens with one attached hydrogen (secondary N) is 1. The number of ether oxygens (including phenoxy) is 1. The zero-order valence-electron chi connectivity index (χ0n) is 15.8. The summed E-state index contributed by atoms with van der Waals surface area (Å²) >= 11 is 0. The summed E-state index contributed by atoms with van der Waals surface area (Å²) < 4.78 is 55.3. The van der Waals surface area contributed by atoms with Crippen molar-refractivity contribution in [1.29, 1.82) is 0 Å². The number of aryl methyl sites for hydroxylation is 2. The van der Waals surface area contributed by atoms with E-state index >= 15 is 0 Å². The maximum Gasteiger partial charge on any atom is 0.573 e. The molecule has 0 radical (unpaired) electrons. The van der Waals surface area contributed by atoms with Gasteiger partial charge in [0, 0.05) is 18.9 Å². The number of carbonyl (C=O) groups is 1. The van der Waals surface area contributed by atoms with Crippen LogP contribution in [-0.4, -0.2) is 21.9 Å². The fourth-order valence-electron chi connectivity index (χ4n) is 2.89. The van der Waals surface area contributed by atoms with Crippen LogP contribution in [0.4, 0.5) is 17.6 Å². The Morgan fingerprint density at radius 1 is 1.20 bits per heavy atom. The third-order valence-corrected chi connectivity index (χ3v) is 4.23. The average Bonchev–Trinajstić information content (AvgIpc) is 2.67. The minimum absolute atomic E-state index is 0.00452. The normalized spacial score (nSPS) is 11.5. The first-order valence-electron chi connectivity index (χ1n) is 9.02. The maximum atomic E-state index is 13.2. The minimum Gasteiger partial charge on any atom is -0.406 e. The van der Waals surface area contributed by atoms with Crippen molar-refractivity contribution in [2.75, 3.05) is 5.43 Å². The Kier molecular flexibility index (Phi) is 6.04. The van der Waals surface area contributed by atoms with E-state index < -0.39 is 29.4 Å². The number of nitrogens with zero attached hydrogens (tertiary/aromatic N) is 2. The Balaban J connectivity index is 1.84. The molecule has 3 aromatic rings. The predicted molar refractivity (Wildman–Crippen MR) is 101 cm³/mol. The lowest BCUT2D eigenvalue weighted by molar-refractivity contribution is -0.274. The van der Waals surface area contributed by atoms with Crippen molar-refractivity contribution in [2.45, 2.75) is 32.5 Å². The largest absolute Gasteiger partial charge is 0.573 e. The number of alkyl halides is 3. The van der Waals surface area contributed by atoms with E-state index in [2.05, 4.69) is 15.1 Å². The monoisotopic (exact) mass is 423 g/mol. The molecule has 1 amide bonds. The Morgan fingerprint density at radius 2 is 1.97 bits per heavy atom. The molecule has 0 fully saturated rings. The summed E-state index contributed by atoms with van der Waals surface area (Å²) in [5.41, 5.74) is 2.47. The van der Waals surface area contributed by atoms with Crippen molar-refractivity contribution in [3.63, 3.8) is 0 Å². The fourth-order valence-corrected chi connectivity index (χ4v) is 2.89. The molecule has 0 spiro atoms. The zero-order valence-corrected chi connectivity index (χ0v) is 15.8. The molecule has 0 bridgehead atoms. The third kappa shape index (κ3) is 5.13. The van der Waals surface area contributed by atoms with Crippen LogP contribution in [0.3, 0.4) is 0 Å². The number of carbonyl (C=O) groups excluding carboxylic acids is 1. The van der Waals surface area contributed by atoms with Crippen LogP contribution in [0.5, 0.6) is 5.75 Å². The van der Waals surface area contributed by atoms with Gasteiger partial charge >= 0.3 is 6.36 Å². The van der Waals surface area contributed by atoms with Crippen molar-refractivity contribution in [3.8, 4) is 5.75 Å². The van der Waals surface area contributed by atoms with Crippen LogP contribution in [0.15, 0.2) is 47.3 Å². The second-order valence-electron chi connectivity index (χ2n) is 6.41. The minimum atomic E-state index is -4.87. The molecule has 30 heavy (non-hydrogen) atoms. The Morgan fingerprint density at radius 3 is 2.63 bits per heavy atom. The van der Waals surface area contributed by atoms with Crippen molar-refractivity contribution < 1.29 is 27.1 Å². The Labute approximate surface area is 168 Å². The van der Waals surface area contributed by atoms with Crippen LogP contribution in [0.1, 0.15) is 24.7 Å². The Bertz CT molecular complexity index is 1140. The molecular formula is C20H17F4N3O3. The molecule has 1 N–H and O–H groups in total. The molecular weight excluding hydrogens is 406 g/mol. The zero-order chi connectivity index (χ0) is 21.9. The quantitative estimate of drug-likeness (QED) is 0.614. The first kappa shape index (κ1) is 21.3. The molecule has 10 heteroatoms. The first-order chi connectivity index (χ1) is 14.2. The van der Waals surface area contributed by atoms with Gasteiger partial charge < -0.3 is 4.74 Å². The van der Waals surface area contributed by atoms with Crippen molar-refractivity contribution >= 4 is 16.8 Å². The predicted octanol–water partition coefficient (Wildman–Crippen LogP) is 3.70. The first-order valence-corrected chi connectivity index (χ1v) is 9.02. The van der Waals surface area contributed by atoms with E-state index in [4.69, 9.17) is 0 Å². The second kappa shape index (κ2) is 8.52. The van der Waals surface area contributed by atoms with Crippen LogP contribution in [0, 0.1) is 5.82 Å². The summed E-state index contributed by atoms with van der Waals surface area (Å²) in [6.07, 6.45) is -4.37. The summed E-state index contributed by atoms with van der Waals surface area (Å²) in [5, 5.41) is 0.0205. The highest BCUT2D eigenvalue weighted by molar-refractivity contribution is 5.85. The van der Waals surface area contributed by atoms with Gasteiger partial charge in [0.25, 0.3) is 5.56 Å². The van der Waals surface area contributed by atoms with E-state index in [0.717, 1.165) is 22.9 Å². The number of benzene rings is 2. The van der Waals surface area contributed by atoms with E-state index in [1.165, 1.54) is 18.2 Å². The maximum absolute atomic E-state index is 13.2. The van der Waals surface area contributed by atoms with Crippen LogP contribution in [0.2, 0.25) is 0 Å². The van der Waals surface area contributed by atoms with Gasteiger partial charge in [0.1, 0.15) is 17.4 Å². The fraction of sp³-hybridized carbons (Fsp3) is 0.250. The number of amides is 1. The number of fused-ring (bicyclic) bond motifs is 1. The molecule has 158 valence electrons. The molecule has 0 aliphatic carbocycles. The topological polar surface area (TPSA) is 73.2 Å². The van der Waals surface area contributed by atoms with Gasteiger partial charge in [0.05, 0.1) is 10.9 Å². The summed E-state index contributed by atoms with van der Waals surface area (Å²) in [4.78, 5) is 29.2. The molecule has 6 nitrogen and oxygen atoms in total. The SMILES string of the molecule is CCc1nc2cc(OC(F)(F)F)ccc2c(=O)n1NC(=O)CCc1cccc(F)c1. The summed E-state index contributed by atoms with van der Waals surface area (Å²) in [5.74, 6) is -1.24. The molecule has 0 unspecified atom stereocenters. The standard InChI is InChI=1S/C20H17F4N3O3/c1-2-17-25-16-11-14(30-20(22,23)24)7-8-15(16)19(29)27(17)26-18(28)9-6-12-4-3-5-13(21)10-12/h3-5,7-8,10-11H,2,6,9H2,1H3,(H,26,28). The van der Waals surface area contributed by atoms with Gasteiger partial charge in [0.2, 0.25) is 5.91 Å². The van der Waals surface area contributed by atoms with E-state index in [0.29, 0.717) is 5.56 Å². The lowest BCUT2D eigenvalue weighted by Gasteiger charge is -2.14. The van der Waals surface area contributed by atoms with Gasteiger partial charge in [-0.1, -0.05) is 19.1 Å². The van der Waals surface area contributed by atoms with Crippen LogP contribution in [-0.2, 0) is 17.6 Å². The highest BCUT2D eigenvalue weighted by Crippen LogP contribution is 2.24. The van der Waals surface area contributed by atoms with Gasteiger partial charge in [-0.2, -0.15) is 0 Å². The third-order valence-electron chi connectivity index (χ3n) is 4.23. The number of hydrogen-bond donors (Lipinski definition) is 1. The second-order valence-corrected chi connectivity index (χ2v) is 6.41. The number of aromatic nitrogens is 2. The summed E-state index contributed by atoms with van der Waals surface area (Å²) in [6.45, 7) is 1.68. The smallest absolute Gasteiger partial charge is 0.406 e. The van der Waals surface area contributed by atoms with Gasteiger partial charge in [-0.25, -0.2) is 14.1 Å². The van der Waals surface area contributed by atoms with Crippen LogP contribution in [0.25, 0.3) is 10.9 Å². The molecule has 1 aromatic heterocycles. The lowest BCUT2D eigenvalue weighted by Crippen LogP contribution is -2.36. The summed E-state index contributed by atoms with van der Waals surface area (Å²) in [6, 6.07) is 8.99. The molecule has 0 saturated heterocycles. The average molecular weight is 423 g/mol. The molecule has 3 rings (SSSR count). The highest BCUT2D eigenvalue weighted by atomic mass is 19.4. The number of halogens is 4. The van der Waals surface area contributed by atoms with Gasteiger partial charge in [-0.15, -0.1) is 13.2 Å². The van der Waals surface area contributed by atoms with E-state index in [9.17, 15) is 27.2 Å². The van der Waals surface area contributed by atoms with Crippen LogP contribution < -0.4 is 15.7 Å².